The third-order valence-corrected chi connectivity index (χ3v) is 4.01. The predicted octanol–water partition coefficient (Wildman–Crippen LogP) is 2.10. The quantitative estimate of drug-likeness (QED) is 0.898. The van der Waals surface area contributed by atoms with Crippen molar-refractivity contribution in [3.63, 3.8) is 0 Å². The average molecular weight is 305 g/mol. The fourth-order valence-corrected chi connectivity index (χ4v) is 2.89. The number of hydrogen-bond donors (Lipinski definition) is 2. The van der Waals surface area contributed by atoms with Crippen molar-refractivity contribution < 1.29 is 9.53 Å². The molecule has 1 aliphatic rings. The summed E-state index contributed by atoms with van der Waals surface area (Å²) < 4.78 is 6.23. The first-order chi connectivity index (χ1) is 7.74. The molecule has 16 heavy (non-hydrogen) atoms. The number of nitrogens with one attached hydrogen (secondary N) is 2. The number of ether oxygens (including phenoxy) is 1. The molecule has 88 valence electrons. The Labute approximate surface area is 106 Å². The van der Waals surface area contributed by atoms with Gasteiger partial charge >= 0.3 is 6.03 Å². The van der Waals surface area contributed by atoms with Crippen LogP contribution < -0.4 is 10.6 Å². The molecule has 2 N–H and O–H groups in total. The molecule has 0 spiro atoms. The van der Waals surface area contributed by atoms with Crippen LogP contribution in [0.3, 0.4) is 0 Å². The van der Waals surface area contributed by atoms with Gasteiger partial charge in [-0.05, 0) is 28.4 Å². The predicted molar refractivity (Wildman–Crippen MR) is 66.6 cm³/mol. The standard InChI is InChI=1S/C10H13BrN2O2S/c11-7-3-9(16-6-7)4-12-10(14)13-8-1-2-15-5-8/h3,6,8H,1-2,4-5H2,(H2,12,13,14). The van der Waals surface area contributed by atoms with Crippen molar-refractivity contribution in [2.24, 2.45) is 0 Å². The van der Waals surface area contributed by atoms with Gasteiger partial charge in [0.15, 0.2) is 0 Å². The minimum absolute atomic E-state index is 0.125. The summed E-state index contributed by atoms with van der Waals surface area (Å²) in [6.45, 7) is 1.93. The Morgan fingerprint density at radius 2 is 2.56 bits per heavy atom. The lowest BCUT2D eigenvalue weighted by Crippen LogP contribution is -2.41. The van der Waals surface area contributed by atoms with E-state index in [-0.39, 0.29) is 12.1 Å². The minimum Gasteiger partial charge on any atom is -0.379 e. The van der Waals surface area contributed by atoms with Crippen LogP contribution in [0.15, 0.2) is 15.9 Å². The van der Waals surface area contributed by atoms with Gasteiger partial charge in [0.2, 0.25) is 0 Å². The number of hydrogen-bond acceptors (Lipinski definition) is 3. The van der Waals surface area contributed by atoms with Crippen LogP contribution in [0.1, 0.15) is 11.3 Å². The Balaban J connectivity index is 1.71. The molecule has 1 fully saturated rings. The first kappa shape index (κ1) is 11.9. The molecule has 2 rings (SSSR count). The summed E-state index contributed by atoms with van der Waals surface area (Å²) in [5.41, 5.74) is 0. The van der Waals surface area contributed by atoms with Crippen molar-refractivity contribution in [3.05, 3.63) is 20.8 Å². The molecule has 0 radical (unpaired) electrons. The van der Waals surface area contributed by atoms with E-state index >= 15 is 0 Å². The molecule has 1 saturated heterocycles. The normalized spacial score (nSPS) is 19.7. The van der Waals surface area contributed by atoms with Gasteiger partial charge in [0.1, 0.15) is 0 Å². The fraction of sp³-hybridized carbons (Fsp3) is 0.500. The summed E-state index contributed by atoms with van der Waals surface area (Å²) in [6.07, 6.45) is 0.901. The van der Waals surface area contributed by atoms with Crippen molar-refractivity contribution >= 4 is 33.3 Å². The Bertz CT molecular complexity index is 363. The molecule has 1 aromatic rings. The second-order valence-electron chi connectivity index (χ2n) is 3.62. The Morgan fingerprint density at radius 1 is 1.69 bits per heavy atom. The van der Waals surface area contributed by atoms with Crippen molar-refractivity contribution in [1.29, 1.82) is 0 Å². The molecule has 1 aliphatic heterocycles. The van der Waals surface area contributed by atoms with E-state index in [4.69, 9.17) is 4.74 Å². The molecule has 6 heteroatoms. The third kappa shape index (κ3) is 3.47. The number of rotatable bonds is 3. The van der Waals surface area contributed by atoms with Gasteiger partial charge in [0.05, 0.1) is 19.2 Å². The summed E-state index contributed by atoms with van der Waals surface area (Å²) in [7, 11) is 0. The molecule has 4 nitrogen and oxygen atoms in total. The van der Waals surface area contributed by atoms with Crippen LogP contribution in [0.2, 0.25) is 0 Å². The van der Waals surface area contributed by atoms with Gasteiger partial charge < -0.3 is 15.4 Å². The molecule has 1 atom stereocenters. The third-order valence-electron chi connectivity index (χ3n) is 2.31. The summed E-state index contributed by atoms with van der Waals surface area (Å²) in [4.78, 5) is 12.6. The summed E-state index contributed by atoms with van der Waals surface area (Å²) in [5, 5.41) is 7.70. The number of amides is 2. The maximum atomic E-state index is 11.5. The van der Waals surface area contributed by atoms with Gasteiger partial charge in [-0.2, -0.15) is 0 Å². The van der Waals surface area contributed by atoms with E-state index in [9.17, 15) is 4.79 Å². The minimum atomic E-state index is -0.125. The molecule has 2 amide bonds. The highest BCUT2D eigenvalue weighted by Gasteiger charge is 2.17. The van der Waals surface area contributed by atoms with E-state index in [2.05, 4.69) is 26.6 Å². The van der Waals surface area contributed by atoms with Gasteiger partial charge in [-0.1, -0.05) is 0 Å². The first-order valence-electron chi connectivity index (χ1n) is 5.09. The molecule has 1 aromatic heterocycles. The second-order valence-corrected chi connectivity index (χ2v) is 5.53. The SMILES string of the molecule is O=C(NCc1cc(Br)cs1)NC1CCOC1. The Hall–Kier alpha value is -0.590. The van der Waals surface area contributed by atoms with E-state index < -0.39 is 0 Å². The van der Waals surface area contributed by atoms with Gasteiger partial charge in [0.25, 0.3) is 0 Å². The maximum absolute atomic E-state index is 11.5. The number of carbonyl (C=O) groups excluding carboxylic acids is 1. The molecular formula is C10H13BrN2O2S. The lowest BCUT2D eigenvalue weighted by Gasteiger charge is -2.11. The van der Waals surface area contributed by atoms with E-state index in [1.54, 1.807) is 11.3 Å². The number of carbonyl (C=O) groups is 1. The second kappa shape index (κ2) is 5.65. The summed E-state index contributed by atoms with van der Waals surface area (Å²) in [6, 6.07) is 2.04. The highest BCUT2D eigenvalue weighted by atomic mass is 79.9. The van der Waals surface area contributed by atoms with E-state index in [0.29, 0.717) is 13.2 Å². The van der Waals surface area contributed by atoms with Crippen LogP contribution in [-0.4, -0.2) is 25.3 Å². The zero-order chi connectivity index (χ0) is 11.4. The van der Waals surface area contributed by atoms with Crippen LogP contribution in [0.5, 0.6) is 0 Å². The molecular weight excluding hydrogens is 292 g/mol. The lowest BCUT2D eigenvalue weighted by atomic mass is 10.3. The molecule has 1 unspecified atom stereocenters. The topological polar surface area (TPSA) is 50.4 Å². The smallest absolute Gasteiger partial charge is 0.315 e. The van der Waals surface area contributed by atoms with E-state index in [1.165, 1.54) is 0 Å². The monoisotopic (exact) mass is 304 g/mol. The molecule has 0 aromatic carbocycles. The summed E-state index contributed by atoms with van der Waals surface area (Å²) in [5.74, 6) is 0. The van der Waals surface area contributed by atoms with Crippen LogP contribution in [0, 0.1) is 0 Å². The van der Waals surface area contributed by atoms with Gasteiger partial charge in [-0.3, -0.25) is 0 Å². The number of thiophene rings is 1. The zero-order valence-corrected chi connectivity index (χ0v) is 11.1. The first-order valence-corrected chi connectivity index (χ1v) is 6.76. The maximum Gasteiger partial charge on any atom is 0.315 e. The van der Waals surface area contributed by atoms with E-state index in [0.717, 1.165) is 22.4 Å². The highest BCUT2D eigenvalue weighted by Crippen LogP contribution is 2.19. The van der Waals surface area contributed by atoms with Gasteiger partial charge in [0, 0.05) is 21.3 Å². The van der Waals surface area contributed by atoms with Gasteiger partial charge in [-0.25, -0.2) is 4.79 Å². The Morgan fingerprint density at radius 3 is 3.19 bits per heavy atom. The zero-order valence-electron chi connectivity index (χ0n) is 8.66. The summed E-state index contributed by atoms with van der Waals surface area (Å²) >= 11 is 5.00. The Kier molecular flexibility index (Phi) is 4.20. The largest absolute Gasteiger partial charge is 0.379 e. The van der Waals surface area contributed by atoms with Crippen LogP contribution in [0.4, 0.5) is 4.79 Å². The number of halogens is 1. The van der Waals surface area contributed by atoms with Crippen LogP contribution in [0.25, 0.3) is 0 Å². The van der Waals surface area contributed by atoms with Crippen molar-refractivity contribution in [1.82, 2.24) is 10.6 Å². The van der Waals surface area contributed by atoms with Gasteiger partial charge in [-0.15, -0.1) is 11.3 Å². The number of urea groups is 1. The van der Waals surface area contributed by atoms with Crippen molar-refractivity contribution in [2.75, 3.05) is 13.2 Å². The van der Waals surface area contributed by atoms with Crippen molar-refractivity contribution in [2.45, 2.75) is 19.0 Å². The lowest BCUT2D eigenvalue weighted by molar-refractivity contribution is 0.188. The van der Waals surface area contributed by atoms with E-state index in [1.807, 2.05) is 11.4 Å². The van der Waals surface area contributed by atoms with Crippen molar-refractivity contribution in [3.8, 4) is 0 Å². The average Bonchev–Trinajstić information content (AvgIpc) is 2.87. The molecule has 0 aliphatic carbocycles. The van der Waals surface area contributed by atoms with Crippen LogP contribution >= 0.6 is 27.3 Å². The fourth-order valence-electron chi connectivity index (χ4n) is 1.50. The molecule has 2 heterocycles. The van der Waals surface area contributed by atoms with Crippen LogP contribution in [-0.2, 0) is 11.3 Å². The molecule has 0 bridgehead atoms. The highest BCUT2D eigenvalue weighted by molar-refractivity contribution is 9.10. The molecule has 0 saturated carbocycles.